The molecule has 1 N–H and O–H groups in total. The van der Waals surface area contributed by atoms with Gasteiger partial charge in [0.15, 0.2) is 5.78 Å². The number of alkyl halides is 3. The SMILES string of the molecule is CCCCN1C(=O)[C@@](NC(=O)c2cccnc2)(C(F)(F)F)C2=C1CC(C)(C)CC2=O. The van der Waals surface area contributed by atoms with Gasteiger partial charge in [-0.25, -0.2) is 0 Å². The van der Waals surface area contributed by atoms with E-state index in [1.165, 1.54) is 18.3 Å². The van der Waals surface area contributed by atoms with Crippen molar-refractivity contribution in [2.24, 2.45) is 5.41 Å². The lowest BCUT2D eigenvalue weighted by atomic mass is 9.72. The third-order valence-corrected chi connectivity index (χ3v) is 5.50. The third kappa shape index (κ3) is 3.50. The van der Waals surface area contributed by atoms with E-state index in [0.29, 0.717) is 12.8 Å². The molecule has 0 saturated heterocycles. The molecule has 2 aliphatic rings. The Morgan fingerprint density at radius 3 is 2.53 bits per heavy atom. The number of nitrogens with zero attached hydrogens (tertiary/aromatic N) is 2. The van der Waals surface area contributed by atoms with E-state index in [-0.39, 0.29) is 30.6 Å². The zero-order chi connectivity index (χ0) is 22.3. The van der Waals surface area contributed by atoms with Gasteiger partial charge in [0, 0.05) is 31.1 Å². The lowest BCUT2D eigenvalue weighted by Gasteiger charge is -2.35. The van der Waals surface area contributed by atoms with E-state index in [9.17, 15) is 27.6 Å². The van der Waals surface area contributed by atoms with Crippen molar-refractivity contribution in [2.75, 3.05) is 6.54 Å². The summed E-state index contributed by atoms with van der Waals surface area (Å²) in [6.45, 7) is 5.46. The average molecular weight is 423 g/mol. The Bertz CT molecular complexity index is 909. The van der Waals surface area contributed by atoms with Crippen molar-refractivity contribution in [3.63, 3.8) is 0 Å². The molecule has 1 atom stereocenters. The number of carbonyl (C=O) groups excluding carboxylic acids is 3. The van der Waals surface area contributed by atoms with E-state index in [2.05, 4.69) is 4.98 Å². The number of carbonyl (C=O) groups is 3. The standard InChI is InChI=1S/C21H24F3N3O3/c1-4-5-9-27-14-10-19(2,3)11-15(28)16(14)20(18(27)30,21(22,23)24)26-17(29)13-7-6-8-25-12-13/h6-8,12H,4-5,9-11H2,1-3H3,(H,26,29)/t20-/m1/s1. The number of ketones is 1. The normalized spacial score (nSPS) is 23.6. The van der Waals surface area contributed by atoms with Crippen LogP contribution in [-0.4, -0.2) is 45.7 Å². The molecule has 30 heavy (non-hydrogen) atoms. The van der Waals surface area contributed by atoms with Gasteiger partial charge >= 0.3 is 6.18 Å². The summed E-state index contributed by atoms with van der Waals surface area (Å²) >= 11 is 0. The number of nitrogens with one attached hydrogen (secondary N) is 1. The fourth-order valence-corrected chi connectivity index (χ4v) is 4.12. The molecule has 1 aliphatic heterocycles. The summed E-state index contributed by atoms with van der Waals surface area (Å²) in [7, 11) is 0. The molecule has 0 spiro atoms. The number of rotatable bonds is 5. The first-order valence-corrected chi connectivity index (χ1v) is 9.82. The fraction of sp³-hybridized carbons (Fsp3) is 0.524. The molecule has 162 valence electrons. The molecule has 0 fully saturated rings. The molecule has 0 unspecified atom stereocenters. The summed E-state index contributed by atoms with van der Waals surface area (Å²) in [6.07, 6.45) is -1.58. The molecule has 6 nitrogen and oxygen atoms in total. The van der Waals surface area contributed by atoms with Crippen molar-refractivity contribution in [2.45, 2.75) is 58.2 Å². The Labute approximate surface area is 172 Å². The molecular formula is C21H24F3N3O3. The van der Waals surface area contributed by atoms with Crippen molar-refractivity contribution < 1.29 is 27.6 Å². The maximum atomic E-state index is 14.5. The lowest BCUT2D eigenvalue weighted by Crippen LogP contribution is -2.66. The van der Waals surface area contributed by atoms with Gasteiger partial charge in [-0.3, -0.25) is 19.4 Å². The minimum atomic E-state index is -5.19. The van der Waals surface area contributed by atoms with Crippen molar-refractivity contribution >= 4 is 17.6 Å². The van der Waals surface area contributed by atoms with E-state index >= 15 is 0 Å². The first kappa shape index (κ1) is 22.0. The quantitative estimate of drug-likeness (QED) is 0.787. The molecule has 2 amide bonds. The Morgan fingerprint density at radius 1 is 1.27 bits per heavy atom. The second kappa shape index (κ2) is 7.52. The number of hydrogen-bond donors (Lipinski definition) is 1. The van der Waals surface area contributed by atoms with Gasteiger partial charge in [0.25, 0.3) is 11.8 Å². The number of hydrogen-bond acceptors (Lipinski definition) is 4. The summed E-state index contributed by atoms with van der Waals surface area (Å²) in [5, 5.41) is 1.89. The zero-order valence-electron chi connectivity index (χ0n) is 17.1. The highest BCUT2D eigenvalue weighted by molar-refractivity contribution is 6.14. The van der Waals surface area contributed by atoms with Crippen LogP contribution in [0.4, 0.5) is 13.2 Å². The molecule has 1 aliphatic carbocycles. The van der Waals surface area contributed by atoms with Crippen LogP contribution in [0.15, 0.2) is 35.8 Å². The van der Waals surface area contributed by atoms with Crippen LogP contribution in [0, 0.1) is 5.41 Å². The number of allylic oxidation sites excluding steroid dienone is 1. The number of unbranched alkanes of at least 4 members (excludes halogenated alkanes) is 1. The van der Waals surface area contributed by atoms with Gasteiger partial charge in [-0.1, -0.05) is 27.2 Å². The van der Waals surface area contributed by atoms with Gasteiger partial charge in [-0.15, -0.1) is 0 Å². The van der Waals surface area contributed by atoms with E-state index < -0.39 is 40.3 Å². The maximum absolute atomic E-state index is 14.5. The Kier molecular flexibility index (Phi) is 5.51. The second-order valence-electron chi connectivity index (χ2n) is 8.52. The largest absolute Gasteiger partial charge is 0.425 e. The van der Waals surface area contributed by atoms with Crippen LogP contribution in [0.2, 0.25) is 0 Å². The maximum Gasteiger partial charge on any atom is 0.425 e. The summed E-state index contributed by atoms with van der Waals surface area (Å²) in [5.41, 5.74) is -4.69. The van der Waals surface area contributed by atoms with Crippen molar-refractivity contribution in [1.82, 2.24) is 15.2 Å². The van der Waals surface area contributed by atoms with Gasteiger partial charge in [0.05, 0.1) is 11.1 Å². The Morgan fingerprint density at radius 2 is 1.97 bits per heavy atom. The predicted octanol–water partition coefficient (Wildman–Crippen LogP) is 3.40. The number of pyridine rings is 1. The molecule has 0 radical (unpaired) electrons. The third-order valence-electron chi connectivity index (χ3n) is 5.50. The highest BCUT2D eigenvalue weighted by atomic mass is 19.4. The van der Waals surface area contributed by atoms with E-state index in [1.54, 1.807) is 13.8 Å². The topological polar surface area (TPSA) is 79.4 Å². The first-order valence-electron chi connectivity index (χ1n) is 9.82. The van der Waals surface area contributed by atoms with Crippen molar-refractivity contribution in [1.29, 1.82) is 0 Å². The smallest absolute Gasteiger partial charge is 0.326 e. The highest BCUT2D eigenvalue weighted by Gasteiger charge is 2.71. The summed E-state index contributed by atoms with van der Waals surface area (Å²) in [4.78, 5) is 43.6. The number of halogens is 3. The van der Waals surface area contributed by atoms with Crippen molar-refractivity contribution in [3.05, 3.63) is 41.4 Å². The fourth-order valence-electron chi connectivity index (χ4n) is 4.12. The van der Waals surface area contributed by atoms with Gasteiger partial charge < -0.3 is 10.2 Å². The molecule has 1 aromatic heterocycles. The van der Waals surface area contributed by atoms with E-state index in [4.69, 9.17) is 0 Å². The van der Waals surface area contributed by atoms with Gasteiger partial charge in [-0.05, 0) is 30.4 Å². The van der Waals surface area contributed by atoms with Crippen LogP contribution in [0.25, 0.3) is 0 Å². The number of amides is 2. The second-order valence-corrected chi connectivity index (χ2v) is 8.52. The first-order chi connectivity index (χ1) is 13.9. The van der Waals surface area contributed by atoms with Crippen molar-refractivity contribution in [3.8, 4) is 0 Å². The van der Waals surface area contributed by atoms with Gasteiger partial charge in [-0.2, -0.15) is 13.2 Å². The Hall–Kier alpha value is -2.71. The minimum Gasteiger partial charge on any atom is -0.326 e. The monoisotopic (exact) mass is 423 g/mol. The molecule has 9 heteroatoms. The van der Waals surface area contributed by atoms with Crippen LogP contribution in [0.5, 0.6) is 0 Å². The predicted molar refractivity (Wildman–Crippen MR) is 102 cm³/mol. The molecule has 0 bridgehead atoms. The summed E-state index contributed by atoms with van der Waals surface area (Å²) < 4.78 is 43.5. The summed E-state index contributed by atoms with van der Waals surface area (Å²) in [5.74, 6) is -3.20. The molecule has 2 heterocycles. The average Bonchev–Trinajstić information content (AvgIpc) is 2.88. The molecule has 3 rings (SSSR count). The van der Waals surface area contributed by atoms with Gasteiger partial charge in [0.2, 0.25) is 5.54 Å². The van der Waals surface area contributed by atoms with E-state index in [0.717, 1.165) is 11.1 Å². The van der Waals surface area contributed by atoms with Crippen LogP contribution >= 0.6 is 0 Å². The van der Waals surface area contributed by atoms with Crippen LogP contribution in [0.3, 0.4) is 0 Å². The molecular weight excluding hydrogens is 399 g/mol. The Balaban J connectivity index is 2.18. The van der Waals surface area contributed by atoms with E-state index in [1.807, 2.05) is 12.2 Å². The number of Topliss-reactive ketones (excluding diaryl/α,β-unsaturated/α-hetero) is 1. The van der Waals surface area contributed by atoms with Crippen LogP contribution in [-0.2, 0) is 9.59 Å². The lowest BCUT2D eigenvalue weighted by molar-refractivity contribution is -0.190. The van der Waals surface area contributed by atoms with Crippen LogP contribution in [0.1, 0.15) is 56.8 Å². The minimum absolute atomic E-state index is 0.0537. The summed E-state index contributed by atoms with van der Waals surface area (Å²) in [6, 6.07) is 2.69. The molecule has 0 aromatic carbocycles. The van der Waals surface area contributed by atoms with Gasteiger partial charge in [0.1, 0.15) is 0 Å². The zero-order valence-corrected chi connectivity index (χ0v) is 17.1. The number of aromatic nitrogens is 1. The molecule has 1 aromatic rings. The highest BCUT2D eigenvalue weighted by Crippen LogP contribution is 2.51. The van der Waals surface area contributed by atoms with Crippen LogP contribution < -0.4 is 5.32 Å². The molecule has 0 saturated carbocycles.